The zero-order chi connectivity index (χ0) is 23.6. The van der Waals surface area contributed by atoms with Gasteiger partial charge in [-0.1, -0.05) is 46.3 Å². The fraction of sp³-hybridized carbons (Fsp3) is 0.0870. The van der Waals surface area contributed by atoms with E-state index in [-0.39, 0.29) is 11.4 Å². The van der Waals surface area contributed by atoms with Gasteiger partial charge in [0.1, 0.15) is 0 Å². The molecule has 1 N–H and O–H groups in total. The average Bonchev–Trinajstić information content (AvgIpc) is 3.11. The number of hydrogen-bond acceptors (Lipinski definition) is 3. The molecule has 0 unspecified atom stereocenters. The number of nitrogens with zero attached hydrogens (tertiary/aromatic N) is 2. The van der Waals surface area contributed by atoms with E-state index in [2.05, 4.69) is 25.9 Å². The highest BCUT2D eigenvalue weighted by atomic mass is 79.9. The first-order chi connectivity index (χ1) is 15.6. The summed E-state index contributed by atoms with van der Waals surface area (Å²) in [4.78, 5) is 2.25. The molecule has 4 aromatic rings. The number of hydrogen-bond donors (Lipinski definition) is 1. The molecule has 0 aliphatic carbocycles. The summed E-state index contributed by atoms with van der Waals surface area (Å²) < 4.78 is 66.6. The molecule has 0 atom stereocenters. The Morgan fingerprint density at radius 1 is 1.00 bits per heavy atom. The lowest BCUT2D eigenvalue weighted by atomic mass is 10.1. The van der Waals surface area contributed by atoms with Crippen LogP contribution in [-0.2, 0) is 22.7 Å². The van der Waals surface area contributed by atoms with Crippen LogP contribution in [0.5, 0.6) is 0 Å². The average molecular weight is 536 g/mol. The molecule has 0 saturated heterocycles. The Bertz CT molecular complexity index is 1430. The Labute approximate surface area is 196 Å². The molecule has 4 rings (SSSR count). The molecule has 0 spiro atoms. The number of fused-ring (bicyclic) bond motifs is 1. The van der Waals surface area contributed by atoms with Gasteiger partial charge >= 0.3 is 6.18 Å². The van der Waals surface area contributed by atoms with E-state index in [9.17, 15) is 21.6 Å². The predicted octanol–water partition coefficient (Wildman–Crippen LogP) is 5.78. The van der Waals surface area contributed by atoms with E-state index in [0.717, 1.165) is 27.5 Å². The highest BCUT2D eigenvalue weighted by Gasteiger charge is 2.30. The van der Waals surface area contributed by atoms with Crippen molar-refractivity contribution in [3.63, 3.8) is 0 Å². The van der Waals surface area contributed by atoms with Gasteiger partial charge in [0, 0.05) is 33.7 Å². The van der Waals surface area contributed by atoms with Gasteiger partial charge in [0.05, 0.1) is 16.7 Å². The maximum absolute atomic E-state index is 13.1. The van der Waals surface area contributed by atoms with Crippen LogP contribution in [0.25, 0.3) is 10.9 Å². The van der Waals surface area contributed by atoms with E-state index in [4.69, 9.17) is 0 Å². The van der Waals surface area contributed by atoms with Crippen LogP contribution in [0.2, 0.25) is 0 Å². The minimum absolute atomic E-state index is 0.0647. The van der Waals surface area contributed by atoms with Crippen molar-refractivity contribution in [3.05, 3.63) is 100 Å². The Kier molecular flexibility index (Phi) is 6.31. The van der Waals surface area contributed by atoms with Crippen molar-refractivity contribution < 1.29 is 21.6 Å². The number of para-hydroxylation sites is 1. The molecule has 0 bridgehead atoms. The van der Waals surface area contributed by atoms with Crippen molar-refractivity contribution in [2.75, 3.05) is 0 Å². The van der Waals surface area contributed by atoms with Gasteiger partial charge < -0.3 is 4.57 Å². The molecular formula is C23H17BrF3N3O2S. The molecule has 33 heavy (non-hydrogen) atoms. The van der Waals surface area contributed by atoms with Crippen molar-refractivity contribution in [2.24, 2.45) is 5.10 Å². The molecule has 0 aliphatic heterocycles. The largest absolute Gasteiger partial charge is 0.416 e. The zero-order valence-corrected chi connectivity index (χ0v) is 19.3. The Balaban J connectivity index is 1.61. The first kappa shape index (κ1) is 23.1. The summed E-state index contributed by atoms with van der Waals surface area (Å²) in [5.41, 5.74) is 1.19. The summed E-state index contributed by atoms with van der Waals surface area (Å²) in [5, 5.41) is 4.68. The summed E-state index contributed by atoms with van der Waals surface area (Å²) in [6.45, 7) is 0.211. The van der Waals surface area contributed by atoms with Crippen molar-refractivity contribution in [1.29, 1.82) is 0 Å². The fourth-order valence-electron chi connectivity index (χ4n) is 3.38. The number of aromatic nitrogens is 1. The molecule has 5 nitrogen and oxygen atoms in total. The third kappa shape index (κ3) is 5.28. The van der Waals surface area contributed by atoms with Crippen LogP contribution in [-0.4, -0.2) is 19.2 Å². The van der Waals surface area contributed by atoms with E-state index < -0.39 is 21.8 Å². The third-order valence-corrected chi connectivity index (χ3v) is 6.69. The lowest BCUT2D eigenvalue weighted by Crippen LogP contribution is -2.18. The molecule has 0 radical (unpaired) electrons. The number of hydrazone groups is 1. The lowest BCUT2D eigenvalue weighted by molar-refractivity contribution is -0.137. The second-order valence-corrected chi connectivity index (χ2v) is 9.81. The van der Waals surface area contributed by atoms with E-state index in [1.165, 1.54) is 24.4 Å². The standard InChI is InChI=1S/C23H17BrF3N3O2S/c24-19-8-10-20(11-9-19)33(31,32)29-28-13-17-15-30(22-7-2-1-6-21(17)22)14-16-4-3-5-18(12-16)23(25,26)27/h1-13,15,29H,14H2/b28-13-. The van der Waals surface area contributed by atoms with Crippen molar-refractivity contribution in [3.8, 4) is 0 Å². The summed E-state index contributed by atoms with van der Waals surface area (Å²) in [7, 11) is -3.84. The van der Waals surface area contributed by atoms with Gasteiger partial charge in [-0.2, -0.15) is 26.7 Å². The first-order valence-electron chi connectivity index (χ1n) is 9.68. The van der Waals surface area contributed by atoms with Crippen molar-refractivity contribution >= 4 is 43.1 Å². The molecule has 1 aromatic heterocycles. The summed E-state index contributed by atoms with van der Waals surface area (Å²) in [6, 6.07) is 18.6. The monoisotopic (exact) mass is 535 g/mol. The molecule has 0 saturated carbocycles. The van der Waals surface area contributed by atoms with Gasteiger partial charge in [0.15, 0.2) is 0 Å². The van der Waals surface area contributed by atoms with E-state index >= 15 is 0 Å². The zero-order valence-electron chi connectivity index (χ0n) is 16.9. The Morgan fingerprint density at radius 2 is 1.73 bits per heavy atom. The van der Waals surface area contributed by atoms with Crippen molar-refractivity contribution in [1.82, 2.24) is 9.40 Å². The number of benzene rings is 3. The summed E-state index contributed by atoms with van der Waals surface area (Å²) in [6.07, 6.45) is -1.32. The number of sulfonamides is 1. The van der Waals surface area contributed by atoms with E-state index in [1.54, 1.807) is 29.0 Å². The fourth-order valence-corrected chi connectivity index (χ4v) is 4.44. The van der Waals surface area contributed by atoms with Crippen LogP contribution in [0.3, 0.4) is 0 Å². The quantitative estimate of drug-likeness (QED) is 0.251. The van der Waals surface area contributed by atoms with Gasteiger partial charge in [-0.05, 0) is 48.0 Å². The lowest BCUT2D eigenvalue weighted by Gasteiger charge is -2.10. The van der Waals surface area contributed by atoms with Gasteiger partial charge in [-0.25, -0.2) is 4.83 Å². The maximum Gasteiger partial charge on any atom is 0.416 e. The molecule has 170 valence electrons. The number of halogens is 4. The number of nitrogens with one attached hydrogen (secondary N) is 1. The van der Waals surface area contributed by atoms with Crippen LogP contribution in [0.4, 0.5) is 13.2 Å². The maximum atomic E-state index is 13.1. The number of alkyl halides is 3. The van der Waals surface area contributed by atoms with Gasteiger partial charge in [0.25, 0.3) is 10.0 Å². The second-order valence-electron chi connectivity index (χ2n) is 7.23. The molecular weight excluding hydrogens is 519 g/mol. The minimum Gasteiger partial charge on any atom is -0.342 e. The molecule has 0 fully saturated rings. The summed E-state index contributed by atoms with van der Waals surface area (Å²) >= 11 is 3.26. The molecule has 3 aromatic carbocycles. The predicted molar refractivity (Wildman–Crippen MR) is 125 cm³/mol. The highest BCUT2D eigenvalue weighted by Crippen LogP contribution is 2.30. The molecule has 0 aliphatic rings. The van der Waals surface area contributed by atoms with Gasteiger partial charge in [0.2, 0.25) is 0 Å². The van der Waals surface area contributed by atoms with Crippen LogP contribution in [0.1, 0.15) is 16.7 Å². The van der Waals surface area contributed by atoms with Crippen LogP contribution < -0.4 is 4.83 Å². The topological polar surface area (TPSA) is 63.5 Å². The van der Waals surface area contributed by atoms with Gasteiger partial charge in [-0.3, -0.25) is 0 Å². The molecule has 0 amide bonds. The molecule has 1 heterocycles. The van der Waals surface area contributed by atoms with Crippen molar-refractivity contribution in [2.45, 2.75) is 17.6 Å². The van der Waals surface area contributed by atoms with Gasteiger partial charge in [-0.15, -0.1) is 0 Å². The SMILES string of the molecule is O=S(=O)(N/N=C\c1cn(Cc2cccc(C(F)(F)F)c2)c2ccccc12)c1ccc(Br)cc1. The second kappa shape index (κ2) is 9.03. The van der Waals surface area contributed by atoms with E-state index in [0.29, 0.717) is 11.1 Å². The minimum atomic E-state index is -4.42. The van der Waals surface area contributed by atoms with Crippen LogP contribution in [0.15, 0.2) is 93.5 Å². The van der Waals surface area contributed by atoms with Crippen LogP contribution in [0, 0.1) is 0 Å². The third-order valence-electron chi connectivity index (χ3n) is 4.93. The smallest absolute Gasteiger partial charge is 0.342 e. The highest BCUT2D eigenvalue weighted by molar-refractivity contribution is 9.10. The summed E-state index contributed by atoms with van der Waals surface area (Å²) in [5.74, 6) is 0. The van der Waals surface area contributed by atoms with E-state index in [1.807, 2.05) is 24.3 Å². The normalized spacial score (nSPS) is 12.5. The Hall–Kier alpha value is -3.11. The number of rotatable bonds is 6. The molecule has 10 heteroatoms. The Morgan fingerprint density at radius 3 is 2.45 bits per heavy atom. The van der Waals surface area contributed by atoms with Crippen LogP contribution >= 0.6 is 15.9 Å². The first-order valence-corrected chi connectivity index (χ1v) is 12.0.